The van der Waals surface area contributed by atoms with Crippen LogP contribution < -0.4 is 14.8 Å². The van der Waals surface area contributed by atoms with Crippen LogP contribution in [0.25, 0.3) is 11.6 Å². The van der Waals surface area contributed by atoms with Crippen molar-refractivity contribution in [1.82, 2.24) is 0 Å². The monoisotopic (exact) mass is 373 g/mol. The van der Waals surface area contributed by atoms with Crippen LogP contribution in [0.1, 0.15) is 18.1 Å². The predicted molar refractivity (Wildman–Crippen MR) is 94.8 cm³/mol. The Morgan fingerprint density at radius 3 is 2.74 bits per heavy atom. The maximum Gasteiger partial charge on any atom is 0.256 e. The van der Waals surface area contributed by atoms with Gasteiger partial charge in [0.2, 0.25) is 0 Å². The van der Waals surface area contributed by atoms with E-state index in [1.165, 1.54) is 0 Å². The highest BCUT2D eigenvalue weighted by atomic mass is 79.9. The number of hydrogen-bond donors (Lipinski definition) is 1. The molecular weight excluding hydrogens is 358 g/mol. The highest BCUT2D eigenvalue weighted by Gasteiger charge is 2.23. The minimum atomic E-state index is -0.105. The lowest BCUT2D eigenvalue weighted by Crippen LogP contribution is -2.03. The third-order valence-corrected chi connectivity index (χ3v) is 4.28. The largest absolute Gasteiger partial charge is 0.493 e. The molecule has 3 rings (SSSR count). The summed E-state index contributed by atoms with van der Waals surface area (Å²) < 4.78 is 11.8. The first-order valence-corrected chi connectivity index (χ1v) is 8.06. The van der Waals surface area contributed by atoms with Crippen LogP contribution in [0, 0.1) is 0 Å². The number of hydrogen-bond acceptors (Lipinski definition) is 3. The van der Waals surface area contributed by atoms with Crippen LogP contribution in [0.5, 0.6) is 11.5 Å². The third-order valence-electron chi connectivity index (χ3n) is 3.59. The average molecular weight is 374 g/mol. The van der Waals surface area contributed by atoms with Crippen LogP contribution in [-0.4, -0.2) is 19.6 Å². The molecule has 0 spiro atoms. The zero-order valence-electron chi connectivity index (χ0n) is 12.9. The lowest BCUT2D eigenvalue weighted by Gasteiger charge is -2.12. The average Bonchev–Trinajstić information content (AvgIpc) is 2.86. The molecule has 1 heterocycles. The van der Waals surface area contributed by atoms with E-state index in [0.717, 1.165) is 21.3 Å². The lowest BCUT2D eigenvalue weighted by atomic mass is 10.0. The van der Waals surface area contributed by atoms with Crippen LogP contribution in [0.2, 0.25) is 0 Å². The second-order valence-electron chi connectivity index (χ2n) is 5.02. The number of halogens is 1. The van der Waals surface area contributed by atoms with E-state index in [2.05, 4.69) is 21.2 Å². The van der Waals surface area contributed by atoms with Gasteiger partial charge >= 0.3 is 0 Å². The van der Waals surface area contributed by atoms with Gasteiger partial charge in [0.15, 0.2) is 11.5 Å². The van der Waals surface area contributed by atoms with Gasteiger partial charge in [-0.15, -0.1) is 0 Å². The van der Waals surface area contributed by atoms with Gasteiger partial charge in [-0.05, 0) is 36.8 Å². The van der Waals surface area contributed by atoms with Gasteiger partial charge < -0.3 is 14.8 Å². The van der Waals surface area contributed by atoms with Crippen molar-refractivity contribution < 1.29 is 14.3 Å². The number of nitrogens with one attached hydrogen (secondary N) is 1. The van der Waals surface area contributed by atoms with Gasteiger partial charge in [0, 0.05) is 21.3 Å². The zero-order valence-corrected chi connectivity index (χ0v) is 14.4. The molecular formula is C18H16BrNO3. The number of anilines is 1. The topological polar surface area (TPSA) is 47.6 Å². The Hall–Kier alpha value is -2.27. The summed E-state index contributed by atoms with van der Waals surface area (Å²) in [5.74, 6) is 1.20. The molecule has 2 aromatic carbocycles. The van der Waals surface area contributed by atoms with E-state index in [4.69, 9.17) is 9.47 Å². The van der Waals surface area contributed by atoms with Crippen molar-refractivity contribution in [3.63, 3.8) is 0 Å². The minimum Gasteiger partial charge on any atom is -0.493 e. The zero-order chi connectivity index (χ0) is 16.4. The first-order chi connectivity index (χ1) is 11.1. The molecule has 1 aliphatic heterocycles. The minimum absolute atomic E-state index is 0.105. The van der Waals surface area contributed by atoms with Gasteiger partial charge in [0.25, 0.3) is 5.91 Å². The molecule has 0 bridgehead atoms. The molecule has 0 aromatic heterocycles. The first-order valence-electron chi connectivity index (χ1n) is 7.26. The van der Waals surface area contributed by atoms with E-state index < -0.39 is 0 Å². The fourth-order valence-electron chi connectivity index (χ4n) is 2.53. The van der Waals surface area contributed by atoms with Gasteiger partial charge in [-0.1, -0.05) is 34.1 Å². The van der Waals surface area contributed by atoms with Crippen molar-refractivity contribution in [1.29, 1.82) is 0 Å². The maximum atomic E-state index is 12.2. The number of fused-ring (bicyclic) bond motifs is 1. The summed E-state index contributed by atoms with van der Waals surface area (Å²) in [5.41, 5.74) is 3.22. The summed E-state index contributed by atoms with van der Waals surface area (Å²) in [6.07, 6.45) is 1.85. The predicted octanol–water partition coefficient (Wildman–Crippen LogP) is 4.35. The van der Waals surface area contributed by atoms with Gasteiger partial charge in [-0.25, -0.2) is 0 Å². The number of ether oxygens (including phenoxy) is 2. The van der Waals surface area contributed by atoms with Gasteiger partial charge in [0.1, 0.15) is 0 Å². The highest BCUT2D eigenvalue weighted by molar-refractivity contribution is 9.10. The summed E-state index contributed by atoms with van der Waals surface area (Å²) in [5, 5.41) is 2.87. The molecule has 0 aliphatic carbocycles. The smallest absolute Gasteiger partial charge is 0.256 e. The third kappa shape index (κ3) is 2.97. The van der Waals surface area contributed by atoms with E-state index in [-0.39, 0.29) is 5.91 Å². The normalized spacial score (nSPS) is 14.6. The van der Waals surface area contributed by atoms with Crippen molar-refractivity contribution >= 4 is 39.2 Å². The first kappa shape index (κ1) is 15.6. The van der Waals surface area contributed by atoms with Crippen molar-refractivity contribution in [2.75, 3.05) is 19.0 Å². The van der Waals surface area contributed by atoms with Crippen LogP contribution in [0.4, 0.5) is 5.69 Å². The molecule has 4 nitrogen and oxygen atoms in total. The van der Waals surface area contributed by atoms with Crippen LogP contribution >= 0.6 is 15.9 Å². The molecule has 1 amide bonds. The number of carbonyl (C=O) groups excluding carboxylic acids is 1. The lowest BCUT2D eigenvalue weighted by molar-refractivity contribution is -0.110. The molecule has 118 valence electrons. The fourth-order valence-corrected chi connectivity index (χ4v) is 2.96. The van der Waals surface area contributed by atoms with Crippen molar-refractivity contribution in [2.24, 2.45) is 0 Å². The Balaban J connectivity index is 2.09. The molecule has 0 unspecified atom stereocenters. The molecule has 23 heavy (non-hydrogen) atoms. The Labute approximate surface area is 143 Å². The SMILES string of the molecule is CCOc1cc(/C=C2/C(=O)Nc3ccccc32)c(Br)cc1OC. The second kappa shape index (κ2) is 6.46. The summed E-state index contributed by atoms with van der Waals surface area (Å²) in [6.45, 7) is 2.46. The van der Waals surface area contributed by atoms with E-state index in [9.17, 15) is 4.79 Å². The van der Waals surface area contributed by atoms with Crippen LogP contribution in [-0.2, 0) is 4.79 Å². The second-order valence-corrected chi connectivity index (χ2v) is 5.87. The van der Waals surface area contributed by atoms with Gasteiger partial charge in [-0.3, -0.25) is 4.79 Å². The Bertz CT molecular complexity index is 799. The quantitative estimate of drug-likeness (QED) is 0.810. The molecule has 0 saturated heterocycles. The van der Waals surface area contributed by atoms with Crippen LogP contribution in [0.3, 0.4) is 0 Å². The van der Waals surface area contributed by atoms with Crippen molar-refractivity contribution in [2.45, 2.75) is 6.92 Å². The van der Waals surface area contributed by atoms with E-state index in [1.807, 2.05) is 49.4 Å². The molecule has 0 fully saturated rings. The summed E-state index contributed by atoms with van der Waals surface area (Å²) in [4.78, 5) is 12.2. The molecule has 1 N–H and O–H groups in total. The molecule has 1 aliphatic rings. The maximum absolute atomic E-state index is 12.2. The number of rotatable bonds is 4. The molecule has 0 saturated carbocycles. The van der Waals surface area contributed by atoms with Gasteiger partial charge in [-0.2, -0.15) is 0 Å². The molecule has 5 heteroatoms. The Morgan fingerprint density at radius 2 is 2.00 bits per heavy atom. The van der Waals surface area contributed by atoms with Crippen LogP contribution in [0.15, 0.2) is 40.9 Å². The van der Waals surface area contributed by atoms with Gasteiger partial charge in [0.05, 0.1) is 13.7 Å². The molecule has 2 aromatic rings. The van der Waals surface area contributed by atoms with E-state index in [1.54, 1.807) is 7.11 Å². The van der Waals surface area contributed by atoms with E-state index >= 15 is 0 Å². The molecule has 0 atom stereocenters. The number of amides is 1. The Kier molecular flexibility index (Phi) is 4.39. The standard InChI is InChI=1S/C18H16BrNO3/c1-3-23-17-9-11(14(19)10-16(17)22-2)8-13-12-6-4-5-7-15(12)20-18(13)21/h4-10H,3H2,1-2H3,(H,20,21)/b13-8+. The van der Waals surface area contributed by atoms with E-state index in [0.29, 0.717) is 23.7 Å². The fraction of sp³-hybridized carbons (Fsp3) is 0.167. The van der Waals surface area contributed by atoms with Crippen molar-refractivity contribution in [3.05, 3.63) is 52.0 Å². The number of carbonyl (C=O) groups is 1. The summed E-state index contributed by atoms with van der Waals surface area (Å²) in [6, 6.07) is 11.4. The highest BCUT2D eigenvalue weighted by Crippen LogP contribution is 2.38. The summed E-state index contributed by atoms with van der Waals surface area (Å²) >= 11 is 3.53. The Morgan fingerprint density at radius 1 is 1.22 bits per heavy atom. The number of methoxy groups -OCH3 is 1. The number of benzene rings is 2. The summed E-state index contributed by atoms with van der Waals surface area (Å²) in [7, 11) is 1.60. The molecule has 0 radical (unpaired) electrons. The number of para-hydroxylation sites is 1. The van der Waals surface area contributed by atoms with Crippen molar-refractivity contribution in [3.8, 4) is 11.5 Å².